The monoisotopic (exact) mass is 402 g/mol. The molecule has 1 fully saturated rings. The summed E-state index contributed by atoms with van der Waals surface area (Å²) in [7, 11) is 0. The molecular formula is C20H19ClN2O3S. The standard InChI is InChI=1S/C20H19ClN2O3S/c1-3-11-6-7-14(21)17-15(11)19(25)16(18(24)12-4-5-12)20(22-17)27-9-13-8-10(2)26-23-13/h6-8,12H,3-5,9H2,1-2H3,(H,22,25). The zero-order valence-corrected chi connectivity index (χ0v) is 16.7. The summed E-state index contributed by atoms with van der Waals surface area (Å²) in [6.45, 7) is 3.81. The lowest BCUT2D eigenvalue weighted by Crippen LogP contribution is -2.20. The van der Waals surface area contributed by atoms with Crippen molar-refractivity contribution in [3.05, 3.63) is 56.0 Å². The van der Waals surface area contributed by atoms with E-state index < -0.39 is 0 Å². The van der Waals surface area contributed by atoms with Gasteiger partial charge in [0.25, 0.3) is 0 Å². The number of thioether (sulfide) groups is 1. The molecule has 2 heterocycles. The number of hydrogen-bond donors (Lipinski definition) is 1. The maximum absolute atomic E-state index is 13.3. The fourth-order valence-electron chi connectivity index (χ4n) is 3.21. The largest absolute Gasteiger partial charge is 0.361 e. The second-order valence-corrected chi connectivity index (χ2v) is 8.22. The van der Waals surface area contributed by atoms with Gasteiger partial charge < -0.3 is 9.51 Å². The number of fused-ring (bicyclic) bond motifs is 1. The first kappa shape index (κ1) is 18.3. The van der Waals surface area contributed by atoms with Crippen LogP contribution in [0.25, 0.3) is 10.9 Å². The van der Waals surface area contributed by atoms with Gasteiger partial charge in [0.1, 0.15) is 5.76 Å². The van der Waals surface area contributed by atoms with Crippen molar-refractivity contribution in [2.24, 2.45) is 5.92 Å². The third-order valence-corrected chi connectivity index (χ3v) is 6.13. The van der Waals surface area contributed by atoms with E-state index in [0.29, 0.717) is 33.1 Å². The molecule has 0 unspecified atom stereocenters. The maximum Gasteiger partial charge on any atom is 0.201 e. The molecule has 0 radical (unpaired) electrons. The van der Waals surface area contributed by atoms with E-state index in [9.17, 15) is 9.59 Å². The predicted molar refractivity (Wildman–Crippen MR) is 107 cm³/mol. The first-order chi connectivity index (χ1) is 13.0. The summed E-state index contributed by atoms with van der Waals surface area (Å²) in [5.41, 5.74) is 2.28. The lowest BCUT2D eigenvalue weighted by molar-refractivity contribution is 0.0963. The number of halogens is 1. The molecule has 27 heavy (non-hydrogen) atoms. The molecule has 7 heteroatoms. The molecule has 1 N–H and O–H groups in total. The molecule has 0 saturated heterocycles. The quantitative estimate of drug-likeness (QED) is 0.467. The van der Waals surface area contributed by atoms with Crippen LogP contribution in [0.3, 0.4) is 0 Å². The molecule has 0 bridgehead atoms. The van der Waals surface area contributed by atoms with Gasteiger partial charge in [-0.15, -0.1) is 11.8 Å². The molecule has 1 aliphatic carbocycles. The van der Waals surface area contributed by atoms with Gasteiger partial charge in [0.2, 0.25) is 5.43 Å². The van der Waals surface area contributed by atoms with Gasteiger partial charge in [0.15, 0.2) is 5.78 Å². The van der Waals surface area contributed by atoms with Gasteiger partial charge in [-0.2, -0.15) is 0 Å². The number of ketones is 1. The minimum Gasteiger partial charge on any atom is -0.361 e. The van der Waals surface area contributed by atoms with Crippen LogP contribution in [0.4, 0.5) is 0 Å². The highest BCUT2D eigenvalue weighted by molar-refractivity contribution is 7.98. The van der Waals surface area contributed by atoms with E-state index >= 15 is 0 Å². The first-order valence-corrected chi connectivity index (χ1v) is 10.3. The molecule has 3 aromatic rings. The van der Waals surface area contributed by atoms with Crippen LogP contribution in [0, 0.1) is 12.8 Å². The number of Topliss-reactive ketones (excluding diaryl/α,β-unsaturated/α-hetero) is 1. The normalized spacial score (nSPS) is 14.0. The van der Waals surface area contributed by atoms with Gasteiger partial charge in [-0.3, -0.25) is 9.59 Å². The van der Waals surface area contributed by atoms with Crippen molar-refractivity contribution in [1.82, 2.24) is 10.1 Å². The van der Waals surface area contributed by atoms with Gasteiger partial charge in [-0.1, -0.05) is 29.7 Å². The Hall–Kier alpha value is -2.05. The number of pyridine rings is 1. The lowest BCUT2D eigenvalue weighted by atomic mass is 10.0. The fourth-order valence-corrected chi connectivity index (χ4v) is 4.36. The van der Waals surface area contributed by atoms with Gasteiger partial charge in [-0.05, 0) is 37.8 Å². The molecule has 0 aliphatic heterocycles. The number of nitrogens with one attached hydrogen (secondary N) is 1. The number of aromatic nitrogens is 2. The average Bonchev–Trinajstić information content (AvgIpc) is 3.42. The molecule has 2 aromatic heterocycles. The Morgan fingerprint density at radius 3 is 2.81 bits per heavy atom. The minimum absolute atomic E-state index is 0.0403. The summed E-state index contributed by atoms with van der Waals surface area (Å²) < 4.78 is 5.10. The van der Waals surface area contributed by atoms with E-state index in [1.165, 1.54) is 11.8 Å². The molecule has 0 atom stereocenters. The summed E-state index contributed by atoms with van der Waals surface area (Å²) in [6.07, 6.45) is 2.39. The van der Waals surface area contributed by atoms with E-state index in [4.69, 9.17) is 16.1 Å². The molecular weight excluding hydrogens is 384 g/mol. The van der Waals surface area contributed by atoms with Crippen LogP contribution in [-0.2, 0) is 12.2 Å². The van der Waals surface area contributed by atoms with Gasteiger partial charge in [-0.25, -0.2) is 0 Å². The average molecular weight is 403 g/mol. The molecule has 140 valence electrons. The SMILES string of the molecule is CCc1ccc(Cl)c2[nH]c(SCc3cc(C)on3)c(C(=O)C3CC3)c(=O)c12. The van der Waals surface area contributed by atoms with Crippen LogP contribution in [0.15, 0.2) is 32.5 Å². The number of aromatic amines is 1. The third kappa shape index (κ3) is 3.44. The van der Waals surface area contributed by atoms with Crippen molar-refractivity contribution in [1.29, 1.82) is 0 Å². The minimum atomic E-state index is -0.223. The number of nitrogens with zero attached hydrogens (tertiary/aromatic N) is 1. The van der Waals surface area contributed by atoms with Crippen LogP contribution in [0.1, 0.15) is 47.1 Å². The van der Waals surface area contributed by atoms with E-state index in [0.717, 1.165) is 29.9 Å². The summed E-state index contributed by atoms with van der Waals surface area (Å²) >= 11 is 7.75. The zero-order valence-electron chi connectivity index (χ0n) is 15.1. The summed E-state index contributed by atoms with van der Waals surface area (Å²) in [4.78, 5) is 29.5. The van der Waals surface area contributed by atoms with Gasteiger partial charge >= 0.3 is 0 Å². The molecule has 1 saturated carbocycles. The van der Waals surface area contributed by atoms with Crippen LogP contribution in [0.5, 0.6) is 0 Å². The highest BCUT2D eigenvalue weighted by Crippen LogP contribution is 2.36. The molecule has 0 spiro atoms. The van der Waals surface area contributed by atoms with Gasteiger partial charge in [0, 0.05) is 17.7 Å². The van der Waals surface area contributed by atoms with Crippen molar-refractivity contribution >= 4 is 40.0 Å². The Morgan fingerprint density at radius 2 is 2.19 bits per heavy atom. The number of rotatable bonds is 6. The fraction of sp³-hybridized carbons (Fsp3) is 0.350. The van der Waals surface area contributed by atoms with E-state index in [1.54, 1.807) is 6.07 Å². The highest BCUT2D eigenvalue weighted by atomic mass is 35.5. The number of H-pyrrole nitrogens is 1. The van der Waals surface area contributed by atoms with Crippen LogP contribution in [0.2, 0.25) is 5.02 Å². The van der Waals surface area contributed by atoms with Crippen molar-refractivity contribution in [2.75, 3.05) is 0 Å². The summed E-state index contributed by atoms with van der Waals surface area (Å²) in [5.74, 6) is 1.11. The summed E-state index contributed by atoms with van der Waals surface area (Å²) in [5, 5.41) is 5.54. The van der Waals surface area contributed by atoms with E-state index in [2.05, 4.69) is 10.1 Å². The Labute approximate surface area is 165 Å². The number of hydrogen-bond acceptors (Lipinski definition) is 5. The molecule has 1 aromatic carbocycles. The molecule has 1 aliphatic rings. The second kappa shape index (κ2) is 7.17. The van der Waals surface area contributed by atoms with Gasteiger partial charge in [0.05, 0.1) is 32.2 Å². The molecule has 0 amide bonds. The zero-order chi connectivity index (χ0) is 19.1. The van der Waals surface area contributed by atoms with E-state index in [-0.39, 0.29) is 22.7 Å². The van der Waals surface area contributed by atoms with Crippen molar-refractivity contribution in [2.45, 2.75) is 43.9 Å². The summed E-state index contributed by atoms with van der Waals surface area (Å²) in [6, 6.07) is 5.49. The Bertz CT molecular complexity index is 1100. The number of aryl methyl sites for hydroxylation is 2. The van der Waals surface area contributed by atoms with Crippen molar-refractivity contribution < 1.29 is 9.32 Å². The lowest BCUT2D eigenvalue weighted by Gasteiger charge is -2.13. The Kier molecular flexibility index (Phi) is 4.86. The first-order valence-electron chi connectivity index (χ1n) is 8.96. The number of benzene rings is 1. The highest BCUT2D eigenvalue weighted by Gasteiger charge is 2.34. The molecule has 4 rings (SSSR count). The van der Waals surface area contributed by atoms with Crippen LogP contribution >= 0.6 is 23.4 Å². The number of carbonyl (C=O) groups excluding carboxylic acids is 1. The van der Waals surface area contributed by atoms with E-state index in [1.807, 2.05) is 26.0 Å². The second-order valence-electron chi connectivity index (χ2n) is 6.82. The third-order valence-electron chi connectivity index (χ3n) is 4.78. The van der Waals surface area contributed by atoms with Crippen LogP contribution < -0.4 is 5.43 Å². The Balaban J connectivity index is 1.87. The predicted octanol–water partition coefficient (Wildman–Crippen LogP) is 4.93. The molecule has 5 nitrogen and oxygen atoms in total. The topological polar surface area (TPSA) is 76.0 Å². The Morgan fingerprint density at radius 1 is 1.41 bits per heavy atom. The van der Waals surface area contributed by atoms with Crippen molar-refractivity contribution in [3.63, 3.8) is 0 Å². The number of carbonyl (C=O) groups is 1. The van der Waals surface area contributed by atoms with Crippen molar-refractivity contribution in [3.8, 4) is 0 Å². The maximum atomic E-state index is 13.3. The smallest absolute Gasteiger partial charge is 0.201 e. The van der Waals surface area contributed by atoms with Crippen LogP contribution in [-0.4, -0.2) is 15.9 Å².